The quantitative estimate of drug-likeness (QED) is 0.573. The Labute approximate surface area is 83.9 Å². The van der Waals surface area contributed by atoms with Crippen LogP contribution in [-0.4, -0.2) is 71.8 Å². The number of nitrogens with zero attached hydrogens (tertiary/aromatic N) is 3. The average Bonchev–Trinajstić information content (AvgIpc) is 2.47. The third kappa shape index (κ3) is 1.89. The third-order valence-corrected chi connectivity index (χ3v) is 2.90. The van der Waals surface area contributed by atoms with Gasteiger partial charge in [0, 0.05) is 26.2 Å². The van der Waals surface area contributed by atoms with E-state index in [2.05, 4.69) is 17.0 Å². The highest BCUT2D eigenvalue weighted by Gasteiger charge is 2.33. The summed E-state index contributed by atoms with van der Waals surface area (Å²) >= 11 is 0. The first-order chi connectivity index (χ1) is 6.66. The van der Waals surface area contributed by atoms with Gasteiger partial charge in [-0.05, 0) is 7.05 Å². The Bertz CT molecular complexity index is 226. The van der Waals surface area contributed by atoms with Gasteiger partial charge in [0.05, 0.1) is 19.1 Å². The van der Waals surface area contributed by atoms with Gasteiger partial charge in [-0.3, -0.25) is 9.80 Å². The summed E-state index contributed by atoms with van der Waals surface area (Å²) in [6.45, 7) is 4.21. The van der Waals surface area contributed by atoms with Crippen molar-refractivity contribution in [3.63, 3.8) is 0 Å². The van der Waals surface area contributed by atoms with Gasteiger partial charge < -0.3 is 10.0 Å². The molecule has 14 heavy (non-hydrogen) atoms. The van der Waals surface area contributed by atoms with Crippen LogP contribution in [0.4, 0.5) is 0 Å². The number of carbonyl (C=O) groups is 1. The van der Waals surface area contributed by atoms with E-state index in [9.17, 15) is 9.90 Å². The molecule has 0 aliphatic carbocycles. The van der Waals surface area contributed by atoms with Crippen LogP contribution in [0.2, 0.25) is 0 Å². The third-order valence-electron chi connectivity index (χ3n) is 2.90. The number of hydrazine groups is 1. The molecular formula is C9H17N3O2. The second-order valence-corrected chi connectivity index (χ2v) is 4.09. The van der Waals surface area contributed by atoms with Crippen molar-refractivity contribution in [2.45, 2.75) is 12.5 Å². The molecule has 1 N–H and O–H groups in total. The molecule has 5 nitrogen and oxygen atoms in total. The number of rotatable bonds is 1. The van der Waals surface area contributed by atoms with Gasteiger partial charge in [0.25, 0.3) is 0 Å². The van der Waals surface area contributed by atoms with Gasteiger partial charge in [-0.2, -0.15) is 0 Å². The normalized spacial score (nSPS) is 31.4. The molecule has 5 heteroatoms. The highest BCUT2D eigenvalue weighted by Crippen LogP contribution is 2.15. The summed E-state index contributed by atoms with van der Waals surface area (Å²) in [6.07, 6.45) is -0.186. The van der Waals surface area contributed by atoms with E-state index < -0.39 is 6.10 Å². The first kappa shape index (κ1) is 9.89. The molecule has 0 radical (unpaired) electrons. The van der Waals surface area contributed by atoms with Crippen LogP contribution >= 0.6 is 0 Å². The Balaban J connectivity index is 1.92. The number of piperazine rings is 1. The summed E-state index contributed by atoms with van der Waals surface area (Å²) in [5, 5.41) is 13.1. The molecule has 2 rings (SSSR count). The van der Waals surface area contributed by atoms with Crippen molar-refractivity contribution in [1.82, 2.24) is 14.9 Å². The lowest BCUT2D eigenvalue weighted by atomic mass is 10.3. The Kier molecular flexibility index (Phi) is 2.71. The predicted molar refractivity (Wildman–Crippen MR) is 51.4 cm³/mol. The number of aliphatic hydroxyl groups excluding tert-OH is 1. The smallest absolute Gasteiger partial charge is 0.239 e. The molecule has 1 amide bonds. The maximum atomic E-state index is 11.5. The molecule has 2 aliphatic heterocycles. The number of carbonyl (C=O) groups excluding carboxylic acids is 1. The fourth-order valence-electron chi connectivity index (χ4n) is 1.98. The van der Waals surface area contributed by atoms with Crippen molar-refractivity contribution in [1.29, 1.82) is 0 Å². The van der Waals surface area contributed by atoms with E-state index in [0.717, 1.165) is 26.2 Å². The van der Waals surface area contributed by atoms with E-state index in [-0.39, 0.29) is 12.3 Å². The molecule has 2 fully saturated rings. The van der Waals surface area contributed by atoms with Gasteiger partial charge in [-0.25, -0.2) is 5.01 Å². The van der Waals surface area contributed by atoms with Crippen LogP contribution in [0.25, 0.3) is 0 Å². The maximum Gasteiger partial charge on any atom is 0.239 e. The van der Waals surface area contributed by atoms with Gasteiger partial charge in [0.1, 0.15) is 0 Å². The Morgan fingerprint density at radius 3 is 2.43 bits per heavy atom. The maximum absolute atomic E-state index is 11.5. The van der Waals surface area contributed by atoms with Crippen molar-refractivity contribution in [2.75, 3.05) is 39.8 Å². The number of aliphatic hydroxyl groups is 1. The van der Waals surface area contributed by atoms with Crippen LogP contribution < -0.4 is 0 Å². The Morgan fingerprint density at radius 1 is 1.29 bits per heavy atom. The summed E-state index contributed by atoms with van der Waals surface area (Å²) in [4.78, 5) is 13.7. The van der Waals surface area contributed by atoms with Crippen LogP contribution in [0, 0.1) is 0 Å². The predicted octanol–water partition coefficient (Wildman–Crippen LogP) is -1.26. The first-order valence-corrected chi connectivity index (χ1v) is 5.08. The van der Waals surface area contributed by atoms with E-state index in [1.54, 1.807) is 5.01 Å². The number of likely N-dealkylation sites (N-methyl/N-ethyl adjacent to an activating group) is 1. The van der Waals surface area contributed by atoms with E-state index in [0.29, 0.717) is 6.54 Å². The fraction of sp³-hybridized carbons (Fsp3) is 0.889. The minimum Gasteiger partial charge on any atom is -0.391 e. The molecule has 1 atom stereocenters. The van der Waals surface area contributed by atoms with Gasteiger partial charge >= 0.3 is 0 Å². The molecule has 0 aromatic rings. The lowest BCUT2D eigenvalue weighted by Crippen LogP contribution is -2.53. The lowest BCUT2D eigenvalue weighted by molar-refractivity contribution is -0.146. The molecular weight excluding hydrogens is 182 g/mol. The standard InChI is InChI=1S/C9H17N3O2/c1-10-2-4-11(5-3-10)12-7-8(13)6-9(12)14/h8,13H,2-7H2,1H3. The molecule has 0 aromatic heterocycles. The van der Waals surface area contributed by atoms with Crippen LogP contribution in [0.5, 0.6) is 0 Å². The minimum absolute atomic E-state index is 0.0575. The summed E-state index contributed by atoms with van der Waals surface area (Å²) in [5.41, 5.74) is 0. The summed E-state index contributed by atoms with van der Waals surface area (Å²) < 4.78 is 0. The molecule has 2 aliphatic rings. The Hall–Kier alpha value is -0.650. The van der Waals surface area contributed by atoms with Crippen molar-refractivity contribution in [3.05, 3.63) is 0 Å². The lowest BCUT2D eigenvalue weighted by Gasteiger charge is -2.37. The molecule has 1 unspecified atom stereocenters. The largest absolute Gasteiger partial charge is 0.391 e. The molecule has 0 aromatic carbocycles. The van der Waals surface area contributed by atoms with E-state index in [4.69, 9.17) is 0 Å². The second-order valence-electron chi connectivity index (χ2n) is 4.09. The molecule has 2 saturated heterocycles. The number of amides is 1. The van der Waals surface area contributed by atoms with Gasteiger partial charge in [-0.1, -0.05) is 0 Å². The molecule has 0 saturated carbocycles. The van der Waals surface area contributed by atoms with Crippen LogP contribution in [0.1, 0.15) is 6.42 Å². The molecule has 0 bridgehead atoms. The second kappa shape index (κ2) is 3.84. The van der Waals surface area contributed by atoms with E-state index >= 15 is 0 Å². The SMILES string of the molecule is CN1CCN(N2CC(O)CC2=O)CC1. The zero-order valence-electron chi connectivity index (χ0n) is 8.52. The van der Waals surface area contributed by atoms with Gasteiger partial charge in [-0.15, -0.1) is 0 Å². The fourth-order valence-corrected chi connectivity index (χ4v) is 1.98. The van der Waals surface area contributed by atoms with E-state index in [1.165, 1.54) is 0 Å². The van der Waals surface area contributed by atoms with Crippen LogP contribution in [-0.2, 0) is 4.79 Å². The number of hydrogen-bond donors (Lipinski definition) is 1. The highest BCUT2D eigenvalue weighted by atomic mass is 16.3. The molecule has 2 heterocycles. The first-order valence-electron chi connectivity index (χ1n) is 5.08. The number of hydrogen-bond acceptors (Lipinski definition) is 4. The average molecular weight is 199 g/mol. The number of β-amino-alcohol motifs (C(OH)–C–C–N with tert-alkyl or cyclic N) is 1. The van der Waals surface area contributed by atoms with E-state index in [1.807, 2.05) is 0 Å². The highest BCUT2D eigenvalue weighted by molar-refractivity contribution is 5.78. The summed E-state index contributed by atoms with van der Waals surface area (Å²) in [6, 6.07) is 0. The Morgan fingerprint density at radius 2 is 1.93 bits per heavy atom. The van der Waals surface area contributed by atoms with Gasteiger partial charge in [0.2, 0.25) is 5.91 Å². The van der Waals surface area contributed by atoms with Crippen LogP contribution in [0.15, 0.2) is 0 Å². The van der Waals surface area contributed by atoms with Crippen molar-refractivity contribution in [2.24, 2.45) is 0 Å². The monoisotopic (exact) mass is 199 g/mol. The van der Waals surface area contributed by atoms with Crippen molar-refractivity contribution < 1.29 is 9.90 Å². The zero-order chi connectivity index (χ0) is 10.1. The topological polar surface area (TPSA) is 47.0 Å². The van der Waals surface area contributed by atoms with Crippen LogP contribution in [0.3, 0.4) is 0 Å². The van der Waals surface area contributed by atoms with Gasteiger partial charge in [0.15, 0.2) is 0 Å². The molecule has 80 valence electrons. The summed E-state index contributed by atoms with van der Waals surface area (Å²) in [5.74, 6) is 0.0575. The zero-order valence-corrected chi connectivity index (χ0v) is 8.52. The minimum atomic E-state index is -0.470. The summed E-state index contributed by atoms with van der Waals surface area (Å²) in [7, 11) is 2.08. The van der Waals surface area contributed by atoms with Crippen molar-refractivity contribution >= 4 is 5.91 Å². The molecule has 0 spiro atoms. The van der Waals surface area contributed by atoms with Crippen molar-refractivity contribution in [3.8, 4) is 0 Å².